The summed E-state index contributed by atoms with van der Waals surface area (Å²) in [5.74, 6) is 0.466. The second-order valence-corrected chi connectivity index (χ2v) is 7.52. The molecule has 0 bridgehead atoms. The first-order chi connectivity index (χ1) is 11.8. The van der Waals surface area contributed by atoms with Gasteiger partial charge in [-0.3, -0.25) is 4.79 Å². The molecule has 1 aromatic carbocycles. The highest BCUT2D eigenvalue weighted by Gasteiger charge is 2.66. The number of amides is 1. The van der Waals surface area contributed by atoms with Gasteiger partial charge in [-0.15, -0.1) is 0 Å². The molecule has 5 nitrogen and oxygen atoms in total. The highest BCUT2D eigenvalue weighted by atomic mass is 19.1. The van der Waals surface area contributed by atoms with Crippen LogP contribution in [0.5, 0.6) is 0 Å². The summed E-state index contributed by atoms with van der Waals surface area (Å²) in [6.45, 7) is 7.04. The first-order valence-corrected chi connectivity index (χ1v) is 8.79. The fraction of sp³-hybridized carbons (Fsp3) is 0.526. The molecule has 1 aromatic heterocycles. The lowest BCUT2D eigenvalue weighted by Crippen LogP contribution is -2.24. The number of nitrogens with zero attached hydrogens (tertiary/aromatic N) is 3. The summed E-state index contributed by atoms with van der Waals surface area (Å²) >= 11 is 0. The van der Waals surface area contributed by atoms with E-state index in [0.717, 1.165) is 25.1 Å². The van der Waals surface area contributed by atoms with Crippen molar-refractivity contribution < 1.29 is 9.18 Å². The van der Waals surface area contributed by atoms with E-state index >= 15 is 0 Å². The highest BCUT2D eigenvalue weighted by Crippen LogP contribution is 2.67. The van der Waals surface area contributed by atoms with Gasteiger partial charge in [0.05, 0.1) is 11.8 Å². The second kappa shape index (κ2) is 6.24. The van der Waals surface area contributed by atoms with Crippen LogP contribution in [0.1, 0.15) is 57.2 Å². The van der Waals surface area contributed by atoms with E-state index in [1.165, 1.54) is 6.07 Å². The van der Waals surface area contributed by atoms with Crippen LogP contribution in [0.4, 0.5) is 4.39 Å². The molecule has 1 saturated carbocycles. The summed E-state index contributed by atoms with van der Waals surface area (Å²) in [5.41, 5.74) is 5.31. The van der Waals surface area contributed by atoms with Crippen molar-refractivity contribution in [2.45, 2.75) is 58.4 Å². The van der Waals surface area contributed by atoms with E-state index in [2.05, 4.69) is 30.9 Å². The Labute approximate surface area is 147 Å². The number of hydrogen-bond acceptors (Lipinski definition) is 3. The number of aromatic nitrogens is 3. The minimum Gasteiger partial charge on any atom is -0.369 e. The molecule has 2 N–H and O–H groups in total. The smallest absolute Gasteiger partial charge is 0.225 e. The van der Waals surface area contributed by atoms with Crippen LogP contribution in [0.2, 0.25) is 0 Å². The van der Waals surface area contributed by atoms with E-state index in [1.54, 1.807) is 6.07 Å². The van der Waals surface area contributed by atoms with Gasteiger partial charge in [0.1, 0.15) is 11.6 Å². The highest BCUT2D eigenvalue weighted by molar-refractivity contribution is 5.75. The maximum absolute atomic E-state index is 14.6. The molecule has 1 fully saturated rings. The number of unbranched alkanes of at least 4 members (excludes halogenated alkanes) is 1. The fourth-order valence-corrected chi connectivity index (χ4v) is 3.79. The van der Waals surface area contributed by atoms with Crippen molar-refractivity contribution in [3.05, 3.63) is 47.3 Å². The van der Waals surface area contributed by atoms with Crippen LogP contribution < -0.4 is 5.73 Å². The van der Waals surface area contributed by atoms with Gasteiger partial charge in [-0.05, 0) is 24.3 Å². The van der Waals surface area contributed by atoms with Crippen LogP contribution in [0.25, 0.3) is 0 Å². The van der Waals surface area contributed by atoms with Gasteiger partial charge in [-0.1, -0.05) is 45.4 Å². The zero-order valence-electron chi connectivity index (χ0n) is 15.1. The van der Waals surface area contributed by atoms with Crippen LogP contribution in [0, 0.1) is 11.2 Å². The Morgan fingerprint density at radius 3 is 2.60 bits per heavy atom. The Kier molecular flexibility index (Phi) is 4.39. The van der Waals surface area contributed by atoms with Gasteiger partial charge in [0.2, 0.25) is 5.91 Å². The first-order valence-electron chi connectivity index (χ1n) is 8.79. The van der Waals surface area contributed by atoms with Crippen molar-refractivity contribution in [3.63, 3.8) is 0 Å². The summed E-state index contributed by atoms with van der Waals surface area (Å²) in [4.78, 5) is 15.9. The number of rotatable bonds is 7. The van der Waals surface area contributed by atoms with Crippen LogP contribution in [0.15, 0.2) is 24.3 Å². The summed E-state index contributed by atoms with van der Waals surface area (Å²) in [6.07, 6.45) is 2.75. The predicted octanol–water partition coefficient (Wildman–Crippen LogP) is 2.96. The largest absolute Gasteiger partial charge is 0.369 e. The van der Waals surface area contributed by atoms with Crippen molar-refractivity contribution in [1.82, 2.24) is 14.8 Å². The van der Waals surface area contributed by atoms with Gasteiger partial charge < -0.3 is 5.73 Å². The molecule has 1 heterocycles. The molecule has 25 heavy (non-hydrogen) atoms. The Morgan fingerprint density at radius 1 is 1.36 bits per heavy atom. The van der Waals surface area contributed by atoms with E-state index in [0.29, 0.717) is 17.9 Å². The van der Waals surface area contributed by atoms with Crippen LogP contribution in [0.3, 0.4) is 0 Å². The predicted molar refractivity (Wildman–Crippen MR) is 93.4 cm³/mol. The Bertz CT molecular complexity index is 798. The third-order valence-corrected chi connectivity index (χ3v) is 5.22. The molecule has 1 aliphatic carbocycles. The molecule has 6 heteroatoms. The monoisotopic (exact) mass is 344 g/mol. The van der Waals surface area contributed by atoms with Crippen molar-refractivity contribution >= 4 is 5.91 Å². The number of carbonyl (C=O) groups excluding carboxylic acids is 1. The van der Waals surface area contributed by atoms with Crippen LogP contribution in [-0.4, -0.2) is 20.7 Å². The van der Waals surface area contributed by atoms with Crippen molar-refractivity contribution in [2.24, 2.45) is 11.1 Å². The zero-order chi connectivity index (χ0) is 18.2. The number of hydrogen-bond donors (Lipinski definition) is 1. The second-order valence-electron chi connectivity index (χ2n) is 7.52. The Hall–Kier alpha value is -2.24. The molecule has 134 valence electrons. The molecule has 0 radical (unpaired) electrons. The molecule has 3 rings (SSSR count). The molecule has 2 aromatic rings. The summed E-state index contributed by atoms with van der Waals surface area (Å²) in [5, 5.41) is 4.50. The fourth-order valence-electron chi connectivity index (χ4n) is 3.79. The number of carbonyl (C=O) groups is 1. The zero-order valence-corrected chi connectivity index (χ0v) is 15.1. The maximum Gasteiger partial charge on any atom is 0.225 e. The number of primary amides is 1. The minimum atomic E-state index is -0.519. The van der Waals surface area contributed by atoms with Crippen molar-refractivity contribution in [1.29, 1.82) is 0 Å². The lowest BCUT2D eigenvalue weighted by Gasteiger charge is -2.22. The average Bonchev–Trinajstić information content (AvgIpc) is 2.91. The number of benzene rings is 1. The quantitative estimate of drug-likeness (QED) is 0.839. The third-order valence-electron chi connectivity index (χ3n) is 5.22. The Morgan fingerprint density at radius 2 is 2.04 bits per heavy atom. The molecule has 1 atom stereocenters. The van der Waals surface area contributed by atoms with E-state index < -0.39 is 11.3 Å². The van der Waals surface area contributed by atoms with E-state index in [4.69, 9.17) is 5.73 Å². The standard InChI is InChI=1S/C19H25FN4O/c1-4-5-10-24-17(22-16(23-24)11-15(21)25)19(12-18(19,2)3)13-8-6-7-9-14(13)20/h6-9H,4-5,10-12H2,1-3H3,(H2,21,25). The van der Waals surface area contributed by atoms with Gasteiger partial charge in [0, 0.05) is 12.1 Å². The molecular formula is C19H25FN4O. The van der Waals surface area contributed by atoms with Crippen LogP contribution >= 0.6 is 0 Å². The van der Waals surface area contributed by atoms with Crippen molar-refractivity contribution in [3.8, 4) is 0 Å². The normalized spacial score (nSPS) is 21.3. The number of nitrogens with two attached hydrogens (primary N) is 1. The van der Waals surface area contributed by atoms with Gasteiger partial charge >= 0.3 is 0 Å². The molecule has 1 amide bonds. The Balaban J connectivity index is 2.12. The van der Waals surface area contributed by atoms with Gasteiger partial charge in [-0.2, -0.15) is 5.10 Å². The molecular weight excluding hydrogens is 319 g/mol. The van der Waals surface area contributed by atoms with Gasteiger partial charge in [0.25, 0.3) is 0 Å². The molecule has 0 saturated heterocycles. The van der Waals surface area contributed by atoms with E-state index in [1.807, 2.05) is 16.8 Å². The van der Waals surface area contributed by atoms with Gasteiger partial charge in [-0.25, -0.2) is 14.1 Å². The molecule has 0 aliphatic heterocycles. The van der Waals surface area contributed by atoms with Crippen molar-refractivity contribution in [2.75, 3.05) is 0 Å². The topological polar surface area (TPSA) is 73.8 Å². The third kappa shape index (κ3) is 2.94. The van der Waals surface area contributed by atoms with Gasteiger partial charge in [0.15, 0.2) is 5.82 Å². The SMILES string of the molecule is CCCCn1nc(CC(N)=O)nc1C1(c2ccccc2F)CC1(C)C. The molecule has 1 aliphatic rings. The van der Waals surface area contributed by atoms with E-state index in [-0.39, 0.29) is 17.7 Å². The maximum atomic E-state index is 14.6. The lowest BCUT2D eigenvalue weighted by atomic mass is 9.86. The minimum absolute atomic E-state index is 0.0000939. The first kappa shape index (κ1) is 17.6. The summed E-state index contributed by atoms with van der Waals surface area (Å²) < 4.78 is 16.5. The average molecular weight is 344 g/mol. The number of aryl methyl sites for hydroxylation is 1. The number of halogens is 1. The lowest BCUT2D eigenvalue weighted by molar-refractivity contribution is -0.117. The van der Waals surface area contributed by atoms with Crippen LogP contribution in [-0.2, 0) is 23.2 Å². The molecule has 1 unspecified atom stereocenters. The molecule has 0 spiro atoms. The summed E-state index contributed by atoms with van der Waals surface area (Å²) in [6, 6.07) is 6.87. The van der Waals surface area contributed by atoms with E-state index in [9.17, 15) is 9.18 Å². The summed E-state index contributed by atoms with van der Waals surface area (Å²) in [7, 11) is 0.